The quantitative estimate of drug-likeness (QED) is 0.688. The molecule has 0 bridgehead atoms. The normalized spacial score (nSPS) is 11.9. The molecular weight excluding hydrogens is 344 g/mol. The van der Waals surface area contributed by atoms with E-state index in [9.17, 15) is 9.59 Å². The molecule has 2 amide bonds. The number of aryl methyl sites for hydroxylation is 1. The molecule has 2 aromatic carbocycles. The van der Waals surface area contributed by atoms with Crippen molar-refractivity contribution in [2.24, 2.45) is 0 Å². The second-order valence-electron chi connectivity index (χ2n) is 6.65. The van der Waals surface area contributed by atoms with Gasteiger partial charge in [-0.1, -0.05) is 32.0 Å². The number of hydrogen-bond acceptors (Lipinski definition) is 3. The number of benzene rings is 2. The van der Waals surface area contributed by atoms with Crippen molar-refractivity contribution in [3.8, 4) is 0 Å². The number of anilines is 2. The Morgan fingerprint density at radius 2 is 1.62 bits per heavy atom. The van der Waals surface area contributed by atoms with Crippen LogP contribution in [0, 0.1) is 6.92 Å². The maximum atomic E-state index is 12.7. The fourth-order valence-electron chi connectivity index (χ4n) is 2.64. The van der Waals surface area contributed by atoms with Gasteiger partial charge in [-0.25, -0.2) is 0 Å². The highest BCUT2D eigenvalue weighted by Crippen LogP contribution is 2.30. The zero-order valence-electron chi connectivity index (χ0n) is 15.9. The molecule has 0 aromatic heterocycles. The molecule has 0 aliphatic carbocycles. The van der Waals surface area contributed by atoms with Gasteiger partial charge in [-0.3, -0.25) is 9.59 Å². The number of amides is 2. The molecule has 1 atom stereocenters. The number of carbonyl (C=O) groups excluding carboxylic acids is 2. The Bertz CT molecular complexity index is 785. The van der Waals surface area contributed by atoms with Crippen LogP contribution in [0.2, 0.25) is 0 Å². The van der Waals surface area contributed by atoms with Crippen LogP contribution in [0.3, 0.4) is 0 Å². The van der Waals surface area contributed by atoms with Crippen molar-refractivity contribution < 1.29 is 9.59 Å². The fraction of sp³-hybridized carbons (Fsp3) is 0.333. The van der Waals surface area contributed by atoms with Gasteiger partial charge in [0.2, 0.25) is 11.8 Å². The van der Waals surface area contributed by atoms with Gasteiger partial charge >= 0.3 is 0 Å². The number of thioether (sulfide) groups is 1. The zero-order chi connectivity index (χ0) is 19.3. The zero-order valence-corrected chi connectivity index (χ0v) is 16.7. The van der Waals surface area contributed by atoms with E-state index in [1.54, 1.807) is 0 Å². The van der Waals surface area contributed by atoms with Crippen LogP contribution in [0.15, 0.2) is 47.4 Å². The summed E-state index contributed by atoms with van der Waals surface area (Å²) < 4.78 is 0. The summed E-state index contributed by atoms with van der Waals surface area (Å²) in [5.41, 5.74) is 3.89. The van der Waals surface area contributed by atoms with E-state index in [-0.39, 0.29) is 17.1 Å². The Hall–Kier alpha value is -2.27. The van der Waals surface area contributed by atoms with Gasteiger partial charge in [0.05, 0.1) is 5.25 Å². The van der Waals surface area contributed by atoms with Crippen LogP contribution in [0.25, 0.3) is 0 Å². The summed E-state index contributed by atoms with van der Waals surface area (Å²) in [7, 11) is 0. The van der Waals surface area contributed by atoms with E-state index >= 15 is 0 Å². The third-order valence-electron chi connectivity index (χ3n) is 4.03. The lowest BCUT2D eigenvalue weighted by Gasteiger charge is -2.18. The molecule has 2 rings (SSSR count). The van der Waals surface area contributed by atoms with E-state index in [1.807, 2.05) is 50.2 Å². The Balaban J connectivity index is 2.05. The van der Waals surface area contributed by atoms with Gasteiger partial charge in [-0.05, 0) is 55.2 Å². The highest BCUT2D eigenvalue weighted by Gasteiger charge is 2.18. The fourth-order valence-corrected chi connectivity index (χ4v) is 3.51. The maximum absolute atomic E-state index is 12.7. The molecule has 0 spiro atoms. The molecule has 26 heavy (non-hydrogen) atoms. The van der Waals surface area contributed by atoms with E-state index in [1.165, 1.54) is 18.7 Å². The molecular formula is C21H26N2O2S. The standard InChI is InChI=1S/C21H26N2O2S/c1-13(2)19-8-6-7-14(3)20(19)23-21(25)15(4)26-18-11-9-17(10-12-18)22-16(5)24/h6-13,15H,1-5H3,(H,22,24)(H,23,25)/t15-/m1/s1. The lowest BCUT2D eigenvalue weighted by molar-refractivity contribution is -0.115. The Morgan fingerprint density at radius 1 is 0.962 bits per heavy atom. The van der Waals surface area contributed by atoms with E-state index in [0.29, 0.717) is 5.92 Å². The number of carbonyl (C=O) groups is 2. The van der Waals surface area contributed by atoms with Crippen LogP contribution in [0.1, 0.15) is 44.7 Å². The van der Waals surface area contributed by atoms with Crippen LogP contribution < -0.4 is 10.6 Å². The molecule has 0 heterocycles. The van der Waals surface area contributed by atoms with Crippen LogP contribution in [0.5, 0.6) is 0 Å². The minimum Gasteiger partial charge on any atom is -0.326 e. The second kappa shape index (κ2) is 8.90. The van der Waals surface area contributed by atoms with Gasteiger partial charge < -0.3 is 10.6 Å². The number of rotatable bonds is 6. The van der Waals surface area contributed by atoms with Crippen molar-refractivity contribution in [3.05, 3.63) is 53.6 Å². The summed E-state index contributed by atoms with van der Waals surface area (Å²) in [6.45, 7) is 9.64. The highest BCUT2D eigenvalue weighted by atomic mass is 32.2. The predicted octanol–water partition coefficient (Wildman–Crippen LogP) is 5.20. The van der Waals surface area contributed by atoms with Gasteiger partial charge in [-0.2, -0.15) is 0 Å². The minimum absolute atomic E-state index is 0.0165. The molecule has 2 N–H and O–H groups in total. The number of hydrogen-bond donors (Lipinski definition) is 2. The van der Waals surface area contributed by atoms with Crippen molar-refractivity contribution in [1.29, 1.82) is 0 Å². The summed E-state index contributed by atoms with van der Waals surface area (Å²) in [5, 5.41) is 5.60. The van der Waals surface area contributed by atoms with Gasteiger partial charge in [0, 0.05) is 23.2 Å². The van der Waals surface area contributed by atoms with Crippen LogP contribution in [-0.4, -0.2) is 17.1 Å². The first kappa shape index (κ1) is 20.0. The molecule has 0 radical (unpaired) electrons. The smallest absolute Gasteiger partial charge is 0.237 e. The Kier molecular flexibility index (Phi) is 6.86. The first-order valence-electron chi connectivity index (χ1n) is 8.72. The number of para-hydroxylation sites is 1. The highest BCUT2D eigenvalue weighted by molar-refractivity contribution is 8.00. The summed E-state index contributed by atoms with van der Waals surface area (Å²) in [6.07, 6.45) is 0. The van der Waals surface area contributed by atoms with Crippen molar-refractivity contribution in [2.45, 2.75) is 50.7 Å². The van der Waals surface area contributed by atoms with E-state index in [4.69, 9.17) is 0 Å². The van der Waals surface area contributed by atoms with E-state index in [2.05, 4.69) is 30.5 Å². The molecule has 0 aliphatic heterocycles. The predicted molar refractivity (Wildman–Crippen MR) is 110 cm³/mol. The Morgan fingerprint density at radius 3 is 2.19 bits per heavy atom. The summed E-state index contributed by atoms with van der Waals surface area (Å²) in [6, 6.07) is 13.6. The van der Waals surface area contributed by atoms with Gasteiger partial charge in [0.15, 0.2) is 0 Å². The summed E-state index contributed by atoms with van der Waals surface area (Å²) in [4.78, 5) is 24.7. The molecule has 0 fully saturated rings. The van der Waals surface area contributed by atoms with Crippen molar-refractivity contribution >= 4 is 35.0 Å². The molecule has 4 nitrogen and oxygen atoms in total. The van der Waals surface area contributed by atoms with Crippen molar-refractivity contribution in [2.75, 3.05) is 10.6 Å². The largest absolute Gasteiger partial charge is 0.326 e. The Labute approximate surface area is 159 Å². The molecule has 138 valence electrons. The van der Waals surface area contributed by atoms with Crippen LogP contribution >= 0.6 is 11.8 Å². The molecule has 0 saturated heterocycles. The molecule has 0 unspecified atom stereocenters. The summed E-state index contributed by atoms with van der Waals surface area (Å²) >= 11 is 1.49. The van der Waals surface area contributed by atoms with Gasteiger partial charge in [-0.15, -0.1) is 11.8 Å². The lowest BCUT2D eigenvalue weighted by atomic mass is 9.98. The topological polar surface area (TPSA) is 58.2 Å². The second-order valence-corrected chi connectivity index (χ2v) is 8.06. The SMILES string of the molecule is CC(=O)Nc1ccc(S[C@H](C)C(=O)Nc2c(C)cccc2C(C)C)cc1. The lowest BCUT2D eigenvalue weighted by Crippen LogP contribution is -2.23. The van der Waals surface area contributed by atoms with E-state index < -0.39 is 0 Å². The molecule has 5 heteroatoms. The average Bonchev–Trinajstić information content (AvgIpc) is 2.57. The molecule has 0 saturated carbocycles. The minimum atomic E-state index is -0.235. The van der Waals surface area contributed by atoms with Gasteiger partial charge in [0.25, 0.3) is 0 Å². The third-order valence-corrected chi connectivity index (χ3v) is 5.14. The third kappa shape index (κ3) is 5.36. The van der Waals surface area contributed by atoms with E-state index in [0.717, 1.165) is 27.4 Å². The van der Waals surface area contributed by atoms with Gasteiger partial charge in [0.1, 0.15) is 0 Å². The van der Waals surface area contributed by atoms with Crippen LogP contribution in [-0.2, 0) is 9.59 Å². The van der Waals surface area contributed by atoms with Crippen molar-refractivity contribution in [1.82, 2.24) is 0 Å². The van der Waals surface area contributed by atoms with Crippen molar-refractivity contribution in [3.63, 3.8) is 0 Å². The first-order valence-corrected chi connectivity index (χ1v) is 9.60. The average molecular weight is 371 g/mol. The molecule has 2 aromatic rings. The monoisotopic (exact) mass is 370 g/mol. The molecule has 0 aliphatic rings. The first-order chi connectivity index (χ1) is 12.3. The maximum Gasteiger partial charge on any atom is 0.237 e. The summed E-state index contributed by atoms with van der Waals surface area (Å²) in [5.74, 6) is 0.226. The van der Waals surface area contributed by atoms with Crippen LogP contribution in [0.4, 0.5) is 11.4 Å². The number of nitrogens with one attached hydrogen (secondary N) is 2.